The van der Waals surface area contributed by atoms with Crippen molar-refractivity contribution in [2.75, 3.05) is 39.8 Å². The van der Waals surface area contributed by atoms with E-state index in [2.05, 4.69) is 39.4 Å². The highest BCUT2D eigenvalue weighted by molar-refractivity contribution is 5.81. The van der Waals surface area contributed by atoms with Crippen molar-refractivity contribution < 1.29 is 9.53 Å². The van der Waals surface area contributed by atoms with Gasteiger partial charge in [0.2, 0.25) is 0 Å². The molecule has 1 N–H and O–H groups in total. The molecule has 2 aliphatic heterocycles. The van der Waals surface area contributed by atoms with Crippen LogP contribution < -0.4 is 5.32 Å². The van der Waals surface area contributed by atoms with Crippen molar-refractivity contribution in [2.24, 2.45) is 0 Å². The minimum atomic E-state index is -0.350. The minimum Gasteiger partial charge on any atom is -0.366 e. The Labute approximate surface area is 151 Å². The number of likely N-dealkylation sites (tertiary alicyclic amines) is 1. The maximum atomic E-state index is 12.4. The summed E-state index contributed by atoms with van der Waals surface area (Å²) in [7, 11) is 2.03. The predicted octanol–water partition coefficient (Wildman–Crippen LogP) is 2.01. The summed E-state index contributed by atoms with van der Waals surface area (Å²) in [6.45, 7) is 6.11. The highest BCUT2D eigenvalue weighted by Gasteiger charge is 2.24. The Bertz CT molecular complexity index is 556. The lowest BCUT2D eigenvalue weighted by Crippen LogP contribution is -2.48. The Hall–Kier alpha value is -1.43. The number of rotatable bonds is 5. The van der Waals surface area contributed by atoms with Gasteiger partial charge in [-0.2, -0.15) is 0 Å². The van der Waals surface area contributed by atoms with Crippen LogP contribution >= 0.6 is 0 Å². The molecule has 25 heavy (non-hydrogen) atoms. The van der Waals surface area contributed by atoms with Gasteiger partial charge in [0.25, 0.3) is 5.91 Å². The first-order valence-electron chi connectivity index (χ1n) is 9.59. The molecule has 2 saturated heterocycles. The summed E-state index contributed by atoms with van der Waals surface area (Å²) in [5, 5.41) is 3.07. The number of hydrogen-bond donors (Lipinski definition) is 1. The summed E-state index contributed by atoms with van der Waals surface area (Å²) < 4.78 is 5.60. The molecule has 1 atom stereocenters. The van der Waals surface area contributed by atoms with Gasteiger partial charge in [-0.25, -0.2) is 0 Å². The van der Waals surface area contributed by atoms with Crippen LogP contribution in [0.3, 0.4) is 0 Å². The fraction of sp³-hybridized carbons (Fsp3) is 0.650. The summed E-state index contributed by atoms with van der Waals surface area (Å²) >= 11 is 0. The van der Waals surface area contributed by atoms with E-state index < -0.39 is 0 Å². The molecule has 1 aromatic carbocycles. The van der Waals surface area contributed by atoms with Crippen molar-refractivity contribution >= 4 is 5.91 Å². The molecule has 138 valence electrons. The third-order valence-electron chi connectivity index (χ3n) is 5.23. The number of amides is 1. The highest BCUT2D eigenvalue weighted by Crippen LogP contribution is 2.16. The van der Waals surface area contributed by atoms with E-state index in [0.717, 1.165) is 13.1 Å². The number of nitrogens with zero attached hydrogens (tertiary/aromatic N) is 2. The van der Waals surface area contributed by atoms with Crippen LogP contribution in [0.25, 0.3) is 0 Å². The number of nitrogens with one attached hydrogen (secondary N) is 1. The Morgan fingerprint density at radius 1 is 1.12 bits per heavy atom. The SMILES string of the molecule is CN1CCO[C@H](C(=O)NCc2ccccc2CN2CCCCCC2)C1. The Kier molecular flexibility index (Phi) is 6.84. The number of benzene rings is 1. The summed E-state index contributed by atoms with van der Waals surface area (Å²) in [5.74, 6) is -0.00359. The van der Waals surface area contributed by atoms with Crippen LogP contribution in [0.1, 0.15) is 36.8 Å². The zero-order valence-corrected chi connectivity index (χ0v) is 15.4. The topological polar surface area (TPSA) is 44.8 Å². The van der Waals surface area contributed by atoms with Gasteiger partial charge >= 0.3 is 0 Å². The number of carbonyl (C=O) groups excluding carboxylic acids is 1. The van der Waals surface area contributed by atoms with Crippen molar-refractivity contribution in [1.29, 1.82) is 0 Å². The molecule has 5 heteroatoms. The van der Waals surface area contributed by atoms with Crippen LogP contribution in [0, 0.1) is 0 Å². The summed E-state index contributed by atoms with van der Waals surface area (Å²) in [5.41, 5.74) is 2.54. The summed E-state index contributed by atoms with van der Waals surface area (Å²) in [4.78, 5) is 17.1. The first-order valence-corrected chi connectivity index (χ1v) is 9.59. The van der Waals surface area contributed by atoms with Crippen molar-refractivity contribution in [2.45, 2.75) is 44.9 Å². The van der Waals surface area contributed by atoms with Crippen LogP contribution in [0.2, 0.25) is 0 Å². The van der Waals surface area contributed by atoms with Gasteiger partial charge in [-0.1, -0.05) is 37.1 Å². The molecule has 0 unspecified atom stereocenters. The summed E-state index contributed by atoms with van der Waals surface area (Å²) in [6.07, 6.45) is 4.95. The fourth-order valence-corrected chi connectivity index (χ4v) is 3.65. The lowest BCUT2D eigenvalue weighted by atomic mass is 10.1. The lowest BCUT2D eigenvalue weighted by molar-refractivity contribution is -0.138. The molecule has 5 nitrogen and oxygen atoms in total. The lowest BCUT2D eigenvalue weighted by Gasteiger charge is -2.29. The number of carbonyl (C=O) groups is 1. The molecule has 1 amide bonds. The van der Waals surface area contributed by atoms with E-state index in [1.165, 1.54) is 49.9 Å². The smallest absolute Gasteiger partial charge is 0.250 e. The molecule has 0 aliphatic carbocycles. The van der Waals surface area contributed by atoms with Crippen molar-refractivity contribution in [3.05, 3.63) is 35.4 Å². The van der Waals surface area contributed by atoms with E-state index in [1.54, 1.807) is 0 Å². The third kappa shape index (κ3) is 5.53. The van der Waals surface area contributed by atoms with E-state index in [9.17, 15) is 4.79 Å². The van der Waals surface area contributed by atoms with Crippen LogP contribution in [0.15, 0.2) is 24.3 Å². The molecule has 2 aliphatic rings. The van der Waals surface area contributed by atoms with Crippen LogP contribution in [0.5, 0.6) is 0 Å². The van der Waals surface area contributed by atoms with Gasteiger partial charge in [-0.15, -0.1) is 0 Å². The quantitative estimate of drug-likeness (QED) is 0.887. The van der Waals surface area contributed by atoms with E-state index >= 15 is 0 Å². The van der Waals surface area contributed by atoms with E-state index in [1.807, 2.05) is 7.05 Å². The van der Waals surface area contributed by atoms with Gasteiger partial charge in [0.05, 0.1) is 6.61 Å². The normalized spacial score (nSPS) is 23.2. The van der Waals surface area contributed by atoms with Gasteiger partial charge in [0.1, 0.15) is 6.10 Å². The largest absolute Gasteiger partial charge is 0.366 e. The second-order valence-corrected chi connectivity index (χ2v) is 7.30. The predicted molar refractivity (Wildman–Crippen MR) is 99.3 cm³/mol. The monoisotopic (exact) mass is 345 g/mol. The molecule has 0 radical (unpaired) electrons. The zero-order valence-electron chi connectivity index (χ0n) is 15.4. The van der Waals surface area contributed by atoms with E-state index in [-0.39, 0.29) is 12.0 Å². The molecule has 0 spiro atoms. The molecule has 1 aromatic rings. The van der Waals surface area contributed by atoms with Gasteiger partial charge in [0, 0.05) is 26.2 Å². The maximum Gasteiger partial charge on any atom is 0.250 e. The molecular formula is C20H31N3O2. The molecule has 2 heterocycles. The van der Waals surface area contributed by atoms with Crippen LogP contribution in [-0.2, 0) is 22.6 Å². The molecule has 3 rings (SSSR count). The van der Waals surface area contributed by atoms with E-state index in [0.29, 0.717) is 19.7 Å². The maximum absolute atomic E-state index is 12.4. The van der Waals surface area contributed by atoms with Gasteiger partial charge in [-0.05, 0) is 44.1 Å². The molecule has 2 fully saturated rings. The van der Waals surface area contributed by atoms with Crippen LogP contribution in [0.4, 0.5) is 0 Å². The number of morpholine rings is 1. The zero-order chi connectivity index (χ0) is 17.5. The minimum absolute atomic E-state index is 0.00359. The first-order chi connectivity index (χ1) is 12.2. The van der Waals surface area contributed by atoms with Gasteiger partial charge in [0.15, 0.2) is 0 Å². The van der Waals surface area contributed by atoms with Gasteiger partial charge < -0.3 is 15.0 Å². The third-order valence-corrected chi connectivity index (χ3v) is 5.23. The second kappa shape index (κ2) is 9.32. The molecule has 0 saturated carbocycles. The standard InChI is InChI=1S/C20H31N3O2/c1-22-12-13-25-19(16-22)20(24)21-14-17-8-4-5-9-18(17)15-23-10-6-2-3-7-11-23/h4-5,8-9,19H,2-3,6-7,10-16H2,1H3,(H,21,24)/t19-/m0/s1. The summed E-state index contributed by atoms with van der Waals surface area (Å²) in [6, 6.07) is 8.47. The average molecular weight is 345 g/mol. The van der Waals surface area contributed by atoms with Crippen molar-refractivity contribution in [1.82, 2.24) is 15.1 Å². The molecular weight excluding hydrogens is 314 g/mol. The van der Waals surface area contributed by atoms with Crippen molar-refractivity contribution in [3.8, 4) is 0 Å². The average Bonchev–Trinajstić information content (AvgIpc) is 2.89. The van der Waals surface area contributed by atoms with E-state index in [4.69, 9.17) is 4.74 Å². The molecule has 0 bridgehead atoms. The second-order valence-electron chi connectivity index (χ2n) is 7.30. The Balaban J connectivity index is 1.56. The first kappa shape index (κ1) is 18.4. The van der Waals surface area contributed by atoms with Crippen molar-refractivity contribution in [3.63, 3.8) is 0 Å². The number of hydrogen-bond acceptors (Lipinski definition) is 4. The number of ether oxygens (including phenoxy) is 1. The Morgan fingerprint density at radius 2 is 1.84 bits per heavy atom. The highest BCUT2D eigenvalue weighted by atomic mass is 16.5. The number of likely N-dealkylation sites (N-methyl/N-ethyl adjacent to an activating group) is 1. The fourth-order valence-electron chi connectivity index (χ4n) is 3.65. The van der Waals surface area contributed by atoms with Gasteiger partial charge in [-0.3, -0.25) is 9.69 Å². The molecule has 0 aromatic heterocycles. The van der Waals surface area contributed by atoms with Crippen LogP contribution in [-0.4, -0.2) is 61.6 Å². The Morgan fingerprint density at radius 3 is 2.56 bits per heavy atom.